The second-order valence-electron chi connectivity index (χ2n) is 7.00. The molecule has 1 N–H and O–H groups in total. The summed E-state index contributed by atoms with van der Waals surface area (Å²) in [6, 6.07) is 5.98. The van der Waals surface area contributed by atoms with Crippen molar-refractivity contribution in [3.8, 4) is 0 Å². The fourth-order valence-corrected chi connectivity index (χ4v) is 4.18. The zero-order valence-corrected chi connectivity index (χ0v) is 15.6. The van der Waals surface area contributed by atoms with Crippen molar-refractivity contribution in [1.29, 1.82) is 0 Å². The molecule has 5 nitrogen and oxygen atoms in total. The molecule has 0 aromatic heterocycles. The number of amides is 1. The highest BCUT2D eigenvalue weighted by atomic mass is 32.2. The van der Waals surface area contributed by atoms with Crippen LogP contribution < -0.4 is 4.72 Å². The van der Waals surface area contributed by atoms with Crippen LogP contribution in [0.5, 0.6) is 0 Å². The van der Waals surface area contributed by atoms with Crippen LogP contribution in [0, 0.1) is 12.8 Å². The van der Waals surface area contributed by atoms with Gasteiger partial charge in [-0.25, -0.2) is 8.42 Å². The lowest BCUT2D eigenvalue weighted by Crippen LogP contribution is -2.50. The van der Waals surface area contributed by atoms with Gasteiger partial charge in [-0.2, -0.15) is 4.72 Å². The number of rotatable bonds is 6. The number of nitrogens with one attached hydrogen (secondary N) is 1. The maximum absolute atomic E-state index is 12.8. The summed E-state index contributed by atoms with van der Waals surface area (Å²) in [5.41, 5.74) is 0.997. The Labute approximate surface area is 145 Å². The summed E-state index contributed by atoms with van der Waals surface area (Å²) >= 11 is 0. The molecule has 24 heavy (non-hydrogen) atoms. The van der Waals surface area contributed by atoms with Crippen molar-refractivity contribution in [2.45, 2.75) is 57.4 Å². The number of nitrogens with zero attached hydrogens (tertiary/aromatic N) is 1. The minimum absolute atomic E-state index is 0.0981. The van der Waals surface area contributed by atoms with Crippen LogP contribution in [0.25, 0.3) is 0 Å². The largest absolute Gasteiger partial charge is 0.341 e. The van der Waals surface area contributed by atoms with Crippen LogP contribution >= 0.6 is 0 Å². The van der Waals surface area contributed by atoms with E-state index in [4.69, 9.17) is 0 Å². The lowest BCUT2D eigenvalue weighted by atomic mass is 10.0. The first-order chi connectivity index (χ1) is 11.3. The number of piperidine rings is 1. The average Bonchev–Trinajstić information content (AvgIpc) is 2.54. The highest BCUT2D eigenvalue weighted by Crippen LogP contribution is 2.17. The number of benzene rings is 1. The first-order valence-electron chi connectivity index (χ1n) is 8.67. The minimum atomic E-state index is -3.70. The summed E-state index contributed by atoms with van der Waals surface area (Å²) < 4.78 is 27.9. The van der Waals surface area contributed by atoms with E-state index < -0.39 is 16.1 Å². The molecular weight excluding hydrogens is 324 g/mol. The van der Waals surface area contributed by atoms with E-state index >= 15 is 0 Å². The Morgan fingerprint density at radius 1 is 1.12 bits per heavy atom. The molecule has 0 bridgehead atoms. The molecule has 134 valence electrons. The zero-order chi connectivity index (χ0) is 17.7. The molecule has 1 fully saturated rings. The van der Waals surface area contributed by atoms with Crippen LogP contribution in [0.4, 0.5) is 0 Å². The van der Waals surface area contributed by atoms with Crippen LogP contribution in [0.2, 0.25) is 0 Å². The minimum Gasteiger partial charge on any atom is -0.341 e. The van der Waals surface area contributed by atoms with Crippen LogP contribution in [0.15, 0.2) is 29.2 Å². The van der Waals surface area contributed by atoms with Crippen molar-refractivity contribution in [2.75, 3.05) is 13.1 Å². The Kier molecular flexibility index (Phi) is 6.40. The van der Waals surface area contributed by atoms with E-state index in [1.165, 1.54) is 0 Å². The average molecular weight is 353 g/mol. The zero-order valence-electron chi connectivity index (χ0n) is 14.8. The molecule has 1 heterocycles. The Morgan fingerprint density at radius 2 is 1.71 bits per heavy atom. The first kappa shape index (κ1) is 18.9. The van der Waals surface area contributed by atoms with Crippen molar-refractivity contribution in [3.63, 3.8) is 0 Å². The van der Waals surface area contributed by atoms with Gasteiger partial charge in [-0.1, -0.05) is 31.5 Å². The van der Waals surface area contributed by atoms with E-state index in [9.17, 15) is 13.2 Å². The number of hydrogen-bond acceptors (Lipinski definition) is 3. The summed E-state index contributed by atoms with van der Waals surface area (Å²) in [4.78, 5) is 14.8. The predicted molar refractivity (Wildman–Crippen MR) is 95.2 cm³/mol. The monoisotopic (exact) mass is 352 g/mol. The van der Waals surface area contributed by atoms with Gasteiger partial charge in [0.15, 0.2) is 0 Å². The molecule has 1 amide bonds. The summed E-state index contributed by atoms with van der Waals surface area (Å²) in [6.45, 7) is 7.35. The van der Waals surface area contributed by atoms with Crippen molar-refractivity contribution in [2.24, 2.45) is 5.92 Å². The number of aryl methyl sites for hydroxylation is 1. The van der Waals surface area contributed by atoms with E-state index in [1.807, 2.05) is 20.8 Å². The molecule has 1 aromatic rings. The van der Waals surface area contributed by atoms with Crippen molar-refractivity contribution in [3.05, 3.63) is 29.8 Å². The molecule has 0 unspecified atom stereocenters. The van der Waals surface area contributed by atoms with Gasteiger partial charge in [-0.05, 0) is 50.7 Å². The summed E-state index contributed by atoms with van der Waals surface area (Å²) in [5.74, 6) is 0.128. The normalized spacial score (nSPS) is 17.1. The van der Waals surface area contributed by atoms with Gasteiger partial charge >= 0.3 is 0 Å². The highest BCUT2D eigenvalue weighted by molar-refractivity contribution is 7.89. The van der Waals surface area contributed by atoms with E-state index in [2.05, 4.69) is 4.72 Å². The topological polar surface area (TPSA) is 66.5 Å². The molecule has 0 saturated carbocycles. The molecule has 6 heteroatoms. The van der Waals surface area contributed by atoms with Crippen molar-refractivity contribution in [1.82, 2.24) is 9.62 Å². The Bertz CT molecular complexity index is 647. The van der Waals surface area contributed by atoms with Gasteiger partial charge in [0, 0.05) is 13.1 Å². The van der Waals surface area contributed by atoms with Crippen molar-refractivity contribution < 1.29 is 13.2 Å². The van der Waals surface area contributed by atoms with Gasteiger partial charge < -0.3 is 4.90 Å². The lowest BCUT2D eigenvalue weighted by molar-refractivity contribution is -0.134. The van der Waals surface area contributed by atoms with Gasteiger partial charge in [0.2, 0.25) is 15.9 Å². The molecule has 1 aliphatic heterocycles. The number of carbonyl (C=O) groups is 1. The van der Waals surface area contributed by atoms with E-state index in [0.29, 0.717) is 6.42 Å². The second kappa shape index (κ2) is 8.12. The number of sulfonamides is 1. The summed E-state index contributed by atoms with van der Waals surface area (Å²) in [7, 11) is -3.70. The van der Waals surface area contributed by atoms with Crippen molar-refractivity contribution >= 4 is 15.9 Å². The molecule has 0 spiro atoms. The second-order valence-corrected chi connectivity index (χ2v) is 8.72. The van der Waals surface area contributed by atoms with E-state index in [0.717, 1.165) is 37.9 Å². The van der Waals surface area contributed by atoms with Crippen LogP contribution in [0.1, 0.15) is 45.1 Å². The maximum Gasteiger partial charge on any atom is 0.241 e. The van der Waals surface area contributed by atoms with Crippen LogP contribution in [0.3, 0.4) is 0 Å². The molecular formula is C18H28N2O3S. The van der Waals surface area contributed by atoms with Gasteiger partial charge in [0.1, 0.15) is 6.04 Å². The molecule has 0 aliphatic carbocycles. The molecule has 0 radical (unpaired) electrons. The van der Waals surface area contributed by atoms with Crippen LogP contribution in [-0.2, 0) is 14.8 Å². The first-order valence-corrected chi connectivity index (χ1v) is 10.2. The molecule has 1 saturated heterocycles. The molecule has 1 atom stereocenters. The van der Waals surface area contributed by atoms with Crippen LogP contribution in [-0.4, -0.2) is 38.4 Å². The fraction of sp³-hybridized carbons (Fsp3) is 0.611. The van der Waals surface area contributed by atoms with E-state index in [-0.39, 0.29) is 16.7 Å². The third kappa shape index (κ3) is 5.05. The Hall–Kier alpha value is -1.40. The number of likely N-dealkylation sites (tertiary alicyclic amines) is 1. The third-order valence-electron chi connectivity index (χ3n) is 4.30. The Morgan fingerprint density at radius 3 is 2.25 bits per heavy atom. The highest BCUT2D eigenvalue weighted by Gasteiger charge is 2.30. The number of hydrogen-bond donors (Lipinski definition) is 1. The fourth-order valence-electron chi connectivity index (χ4n) is 2.98. The third-order valence-corrected chi connectivity index (χ3v) is 5.79. The van der Waals surface area contributed by atoms with Gasteiger partial charge in [0.05, 0.1) is 4.90 Å². The quantitative estimate of drug-likeness (QED) is 0.856. The van der Waals surface area contributed by atoms with E-state index in [1.54, 1.807) is 29.2 Å². The SMILES string of the molecule is Cc1ccc(S(=O)(=O)N[C@@H](CC(C)C)C(=O)N2CCCCC2)cc1. The summed E-state index contributed by atoms with van der Waals surface area (Å²) in [5, 5.41) is 0. The van der Waals surface area contributed by atoms with Gasteiger partial charge in [-0.3, -0.25) is 4.79 Å². The Balaban J connectivity index is 2.17. The predicted octanol–water partition coefficient (Wildman–Crippen LogP) is 2.70. The maximum atomic E-state index is 12.8. The molecule has 2 rings (SSSR count). The molecule has 1 aliphatic rings. The van der Waals surface area contributed by atoms with Gasteiger partial charge in [0.25, 0.3) is 0 Å². The lowest BCUT2D eigenvalue weighted by Gasteiger charge is -2.31. The summed E-state index contributed by atoms with van der Waals surface area (Å²) in [6.07, 6.45) is 3.61. The standard InChI is InChI=1S/C18H28N2O3S/c1-14(2)13-17(18(21)20-11-5-4-6-12-20)19-24(22,23)16-9-7-15(3)8-10-16/h7-10,14,17,19H,4-6,11-13H2,1-3H3/t17-/m0/s1. The number of carbonyl (C=O) groups excluding carboxylic acids is 1. The van der Waals surface area contributed by atoms with Gasteiger partial charge in [-0.15, -0.1) is 0 Å². The smallest absolute Gasteiger partial charge is 0.241 e. The molecule has 1 aromatic carbocycles.